The Morgan fingerprint density at radius 1 is 1.29 bits per heavy atom. The minimum absolute atomic E-state index is 0.631. The van der Waals surface area contributed by atoms with Gasteiger partial charge >= 0.3 is 0 Å². The van der Waals surface area contributed by atoms with Crippen molar-refractivity contribution in [1.82, 2.24) is 5.32 Å². The third-order valence-corrected chi connectivity index (χ3v) is 4.84. The van der Waals surface area contributed by atoms with E-state index in [1.807, 2.05) is 30.0 Å². The summed E-state index contributed by atoms with van der Waals surface area (Å²) in [6, 6.07) is 6.60. The van der Waals surface area contributed by atoms with Crippen LogP contribution in [-0.2, 0) is 0 Å². The zero-order valence-electron chi connectivity index (χ0n) is 9.72. The van der Waals surface area contributed by atoms with E-state index in [9.17, 15) is 0 Å². The van der Waals surface area contributed by atoms with E-state index in [-0.39, 0.29) is 0 Å². The van der Waals surface area contributed by atoms with Gasteiger partial charge < -0.3 is 5.32 Å². The van der Waals surface area contributed by atoms with Crippen LogP contribution < -0.4 is 5.32 Å². The highest BCUT2D eigenvalue weighted by atomic mass is 35.5. The van der Waals surface area contributed by atoms with Crippen LogP contribution in [-0.4, -0.2) is 18.3 Å². The summed E-state index contributed by atoms with van der Waals surface area (Å²) in [7, 11) is 0. The monoisotopic (exact) mass is 289 g/mol. The van der Waals surface area contributed by atoms with Gasteiger partial charge in [-0.15, -0.1) is 11.8 Å². The van der Waals surface area contributed by atoms with Crippen LogP contribution in [0, 0.1) is 0 Å². The summed E-state index contributed by atoms with van der Waals surface area (Å²) in [5.41, 5.74) is 0. The number of hydrogen-bond acceptors (Lipinski definition) is 2. The SMILES string of the molecule is Clc1ccc(SCCCC2CCCN2)cc1Cl. The summed E-state index contributed by atoms with van der Waals surface area (Å²) in [6.45, 7) is 1.20. The third kappa shape index (κ3) is 4.36. The van der Waals surface area contributed by atoms with Gasteiger partial charge in [0.15, 0.2) is 0 Å². The van der Waals surface area contributed by atoms with Crippen molar-refractivity contribution in [2.24, 2.45) is 0 Å². The standard InChI is InChI=1S/C13H17Cl2NS/c14-12-6-5-11(9-13(12)15)17-8-2-4-10-3-1-7-16-10/h5-6,9-10,16H,1-4,7-8H2. The van der Waals surface area contributed by atoms with Crippen molar-refractivity contribution < 1.29 is 0 Å². The summed E-state index contributed by atoms with van der Waals surface area (Å²) in [6.07, 6.45) is 5.22. The fraction of sp³-hybridized carbons (Fsp3) is 0.538. The van der Waals surface area contributed by atoms with Crippen molar-refractivity contribution in [2.45, 2.75) is 36.6 Å². The van der Waals surface area contributed by atoms with E-state index in [1.165, 1.54) is 37.1 Å². The summed E-state index contributed by atoms with van der Waals surface area (Å²) >= 11 is 13.7. The molecule has 1 aliphatic heterocycles. The largest absolute Gasteiger partial charge is 0.314 e. The van der Waals surface area contributed by atoms with Crippen LogP contribution >= 0.6 is 35.0 Å². The number of thioether (sulfide) groups is 1. The summed E-state index contributed by atoms with van der Waals surface area (Å²) in [5.74, 6) is 1.15. The Hall–Kier alpha value is 0.110. The molecule has 1 N–H and O–H groups in total. The molecule has 0 bridgehead atoms. The van der Waals surface area contributed by atoms with Gasteiger partial charge in [0.25, 0.3) is 0 Å². The number of rotatable bonds is 5. The van der Waals surface area contributed by atoms with E-state index in [0.29, 0.717) is 10.0 Å². The fourth-order valence-electron chi connectivity index (χ4n) is 2.09. The summed E-state index contributed by atoms with van der Waals surface area (Å²) < 4.78 is 0. The number of benzene rings is 1. The minimum Gasteiger partial charge on any atom is -0.314 e. The molecular formula is C13H17Cl2NS. The first-order valence-corrected chi connectivity index (χ1v) is 7.81. The van der Waals surface area contributed by atoms with E-state index in [1.54, 1.807) is 0 Å². The highest BCUT2D eigenvalue weighted by molar-refractivity contribution is 7.99. The van der Waals surface area contributed by atoms with Gasteiger partial charge in [-0.2, -0.15) is 0 Å². The first kappa shape index (κ1) is 13.5. The molecule has 1 heterocycles. The summed E-state index contributed by atoms with van der Waals surface area (Å²) in [5, 5.41) is 4.80. The first-order valence-electron chi connectivity index (χ1n) is 6.07. The highest BCUT2D eigenvalue weighted by Crippen LogP contribution is 2.28. The maximum atomic E-state index is 5.97. The molecule has 1 nitrogen and oxygen atoms in total. The van der Waals surface area contributed by atoms with Crippen molar-refractivity contribution in [3.8, 4) is 0 Å². The minimum atomic E-state index is 0.631. The van der Waals surface area contributed by atoms with Crippen LogP contribution in [0.4, 0.5) is 0 Å². The Kier molecular flexibility index (Phi) is 5.49. The Balaban J connectivity index is 1.68. The van der Waals surface area contributed by atoms with Crippen LogP contribution in [0.15, 0.2) is 23.1 Å². The zero-order valence-corrected chi connectivity index (χ0v) is 12.0. The van der Waals surface area contributed by atoms with Gasteiger partial charge in [0.2, 0.25) is 0 Å². The van der Waals surface area contributed by atoms with Crippen LogP contribution in [0.3, 0.4) is 0 Å². The topological polar surface area (TPSA) is 12.0 Å². The van der Waals surface area contributed by atoms with E-state index >= 15 is 0 Å². The molecule has 0 aliphatic carbocycles. The lowest BCUT2D eigenvalue weighted by molar-refractivity contribution is 0.553. The Morgan fingerprint density at radius 2 is 2.18 bits per heavy atom. The average molecular weight is 290 g/mol. The Bertz CT molecular complexity index is 364. The average Bonchev–Trinajstić information content (AvgIpc) is 2.82. The van der Waals surface area contributed by atoms with E-state index in [4.69, 9.17) is 23.2 Å². The lowest BCUT2D eigenvalue weighted by Crippen LogP contribution is -2.20. The molecule has 1 aliphatic rings. The molecule has 0 spiro atoms. The van der Waals surface area contributed by atoms with Crippen LogP contribution in [0.5, 0.6) is 0 Å². The molecule has 17 heavy (non-hydrogen) atoms. The van der Waals surface area contributed by atoms with Gasteiger partial charge in [-0.1, -0.05) is 23.2 Å². The Labute approximate surface area is 117 Å². The molecule has 1 aromatic carbocycles. The molecular weight excluding hydrogens is 273 g/mol. The molecule has 1 atom stereocenters. The third-order valence-electron chi connectivity index (χ3n) is 3.02. The van der Waals surface area contributed by atoms with Crippen LogP contribution in [0.1, 0.15) is 25.7 Å². The number of nitrogens with one attached hydrogen (secondary N) is 1. The van der Waals surface area contributed by atoms with Gasteiger partial charge in [-0.05, 0) is 56.2 Å². The second-order valence-electron chi connectivity index (χ2n) is 4.36. The first-order chi connectivity index (χ1) is 8.25. The normalized spacial score (nSPS) is 19.8. The molecule has 94 valence electrons. The van der Waals surface area contributed by atoms with Crippen molar-refractivity contribution in [2.75, 3.05) is 12.3 Å². The van der Waals surface area contributed by atoms with E-state index in [2.05, 4.69) is 5.32 Å². The highest BCUT2D eigenvalue weighted by Gasteiger charge is 2.12. The number of hydrogen-bond donors (Lipinski definition) is 1. The quantitative estimate of drug-likeness (QED) is 0.627. The maximum absolute atomic E-state index is 5.97. The molecule has 0 saturated carbocycles. The van der Waals surface area contributed by atoms with Gasteiger partial charge in [0.05, 0.1) is 10.0 Å². The van der Waals surface area contributed by atoms with E-state index < -0.39 is 0 Å². The molecule has 4 heteroatoms. The molecule has 0 aromatic heterocycles. The molecule has 1 saturated heterocycles. The predicted molar refractivity (Wildman–Crippen MR) is 77.4 cm³/mol. The second kappa shape index (κ2) is 6.89. The number of halogens is 2. The maximum Gasteiger partial charge on any atom is 0.0603 e. The molecule has 1 fully saturated rings. The predicted octanol–water partition coefficient (Wildman–Crippen LogP) is 4.62. The molecule has 0 amide bonds. The van der Waals surface area contributed by atoms with Crippen molar-refractivity contribution >= 4 is 35.0 Å². The smallest absolute Gasteiger partial charge is 0.0603 e. The van der Waals surface area contributed by atoms with Gasteiger partial charge in [-0.3, -0.25) is 0 Å². The van der Waals surface area contributed by atoms with Crippen molar-refractivity contribution in [3.05, 3.63) is 28.2 Å². The van der Waals surface area contributed by atoms with Crippen LogP contribution in [0.25, 0.3) is 0 Å². The van der Waals surface area contributed by atoms with Gasteiger partial charge in [0.1, 0.15) is 0 Å². The molecule has 1 aromatic rings. The van der Waals surface area contributed by atoms with Gasteiger partial charge in [-0.25, -0.2) is 0 Å². The van der Waals surface area contributed by atoms with Crippen molar-refractivity contribution in [3.63, 3.8) is 0 Å². The van der Waals surface area contributed by atoms with E-state index in [0.717, 1.165) is 11.8 Å². The summed E-state index contributed by atoms with van der Waals surface area (Å²) in [4.78, 5) is 1.21. The van der Waals surface area contributed by atoms with Crippen LogP contribution in [0.2, 0.25) is 10.0 Å². The zero-order chi connectivity index (χ0) is 12.1. The molecule has 2 rings (SSSR count). The lowest BCUT2D eigenvalue weighted by Gasteiger charge is -2.09. The molecule has 0 radical (unpaired) electrons. The second-order valence-corrected chi connectivity index (χ2v) is 6.34. The molecule has 1 unspecified atom stereocenters. The Morgan fingerprint density at radius 3 is 2.88 bits per heavy atom. The fourth-order valence-corrected chi connectivity index (χ4v) is 3.36. The lowest BCUT2D eigenvalue weighted by atomic mass is 10.1. The van der Waals surface area contributed by atoms with Gasteiger partial charge in [0, 0.05) is 10.9 Å². The van der Waals surface area contributed by atoms with Crippen molar-refractivity contribution in [1.29, 1.82) is 0 Å².